The average molecular weight is 435 g/mol. The van der Waals surface area contributed by atoms with Gasteiger partial charge in [-0.2, -0.15) is 4.31 Å². The van der Waals surface area contributed by atoms with Gasteiger partial charge in [0.05, 0.1) is 4.90 Å². The molecule has 1 amide bonds. The van der Waals surface area contributed by atoms with Crippen LogP contribution in [0.15, 0.2) is 29.2 Å². The summed E-state index contributed by atoms with van der Waals surface area (Å²) in [5.41, 5.74) is 0.494. The number of carbonyl (C=O) groups is 2. The van der Waals surface area contributed by atoms with E-state index in [-0.39, 0.29) is 22.5 Å². The topological polar surface area (TPSA) is 74.8 Å². The molecule has 6 nitrogen and oxygen atoms in total. The summed E-state index contributed by atoms with van der Waals surface area (Å²) >= 11 is 0. The Morgan fingerprint density at radius 1 is 0.967 bits per heavy atom. The quantitative estimate of drug-likeness (QED) is 0.613. The molecule has 0 radical (unpaired) electrons. The van der Waals surface area contributed by atoms with Crippen molar-refractivity contribution in [3.05, 3.63) is 29.8 Å². The van der Waals surface area contributed by atoms with Crippen molar-refractivity contribution in [1.29, 1.82) is 0 Å². The summed E-state index contributed by atoms with van der Waals surface area (Å²) in [6.07, 6.45) is 8.00. The van der Waals surface area contributed by atoms with E-state index >= 15 is 0 Å². The van der Waals surface area contributed by atoms with Crippen LogP contribution in [0.4, 0.5) is 0 Å². The molecule has 30 heavy (non-hydrogen) atoms. The molecule has 166 valence electrons. The van der Waals surface area contributed by atoms with Crippen LogP contribution in [0.25, 0.3) is 0 Å². The predicted octanol–water partition coefficient (Wildman–Crippen LogP) is 3.72. The van der Waals surface area contributed by atoms with Gasteiger partial charge in [0.25, 0.3) is 0 Å². The lowest BCUT2D eigenvalue weighted by Crippen LogP contribution is -2.52. The maximum Gasteiger partial charge on any atom is 0.243 e. The lowest BCUT2D eigenvalue weighted by Gasteiger charge is -2.37. The van der Waals surface area contributed by atoms with Crippen LogP contribution in [0.5, 0.6) is 0 Å². The summed E-state index contributed by atoms with van der Waals surface area (Å²) in [6, 6.07) is 6.07. The summed E-state index contributed by atoms with van der Waals surface area (Å²) in [5.74, 6) is 0.979. The number of piperazine rings is 1. The van der Waals surface area contributed by atoms with Crippen molar-refractivity contribution < 1.29 is 18.0 Å². The summed E-state index contributed by atoms with van der Waals surface area (Å²) in [6.45, 7) is 5.19. The van der Waals surface area contributed by atoms with Crippen LogP contribution < -0.4 is 0 Å². The number of ketones is 1. The van der Waals surface area contributed by atoms with Gasteiger partial charge < -0.3 is 4.90 Å². The lowest BCUT2D eigenvalue weighted by atomic mass is 9.79. The Morgan fingerprint density at radius 2 is 1.57 bits per heavy atom. The van der Waals surface area contributed by atoms with Crippen LogP contribution in [-0.2, 0) is 14.8 Å². The zero-order valence-corrected chi connectivity index (χ0v) is 19.0. The third-order valence-electron chi connectivity index (χ3n) is 6.61. The molecule has 3 rings (SSSR count). The Kier molecular flexibility index (Phi) is 7.69. The first kappa shape index (κ1) is 22.9. The van der Waals surface area contributed by atoms with Gasteiger partial charge in [0.1, 0.15) is 0 Å². The number of hydrogen-bond acceptors (Lipinski definition) is 4. The van der Waals surface area contributed by atoms with Crippen molar-refractivity contribution in [2.24, 2.45) is 11.8 Å². The molecule has 2 fully saturated rings. The summed E-state index contributed by atoms with van der Waals surface area (Å²) in [7, 11) is -3.61. The highest BCUT2D eigenvalue weighted by molar-refractivity contribution is 7.89. The standard InChI is InChI=1S/C23H34N2O4S/c1-3-4-5-19-6-8-21(9-7-19)23(27)24-14-16-25(17-15-24)30(28,29)22-12-10-20(11-13-22)18(2)26/h10-13,19,21H,3-9,14-17H2,1-2H3. The van der Waals surface area contributed by atoms with Crippen LogP contribution >= 0.6 is 0 Å². The summed E-state index contributed by atoms with van der Waals surface area (Å²) in [5, 5.41) is 0. The Balaban J connectivity index is 1.53. The molecule has 0 N–H and O–H groups in total. The normalized spacial score (nSPS) is 23.3. The van der Waals surface area contributed by atoms with E-state index in [1.165, 1.54) is 42.6 Å². The minimum Gasteiger partial charge on any atom is -0.340 e. The van der Waals surface area contributed by atoms with E-state index in [0.29, 0.717) is 31.7 Å². The number of nitrogens with zero attached hydrogens (tertiary/aromatic N) is 2. The summed E-state index contributed by atoms with van der Waals surface area (Å²) < 4.78 is 27.3. The molecular formula is C23H34N2O4S. The number of sulfonamides is 1. The van der Waals surface area contributed by atoms with Crippen molar-refractivity contribution in [3.8, 4) is 0 Å². The number of amides is 1. The Hall–Kier alpha value is -1.73. The molecule has 1 saturated carbocycles. The van der Waals surface area contributed by atoms with Gasteiger partial charge in [0.2, 0.25) is 15.9 Å². The van der Waals surface area contributed by atoms with Crippen molar-refractivity contribution in [3.63, 3.8) is 0 Å². The third kappa shape index (κ3) is 5.30. The highest BCUT2D eigenvalue weighted by Gasteiger charge is 2.34. The smallest absolute Gasteiger partial charge is 0.243 e. The number of carbonyl (C=O) groups excluding carboxylic acids is 2. The SMILES string of the molecule is CCCCC1CCC(C(=O)N2CCN(S(=O)(=O)c3ccc(C(C)=O)cc3)CC2)CC1. The maximum absolute atomic E-state index is 12.9. The molecule has 0 spiro atoms. The first-order valence-corrected chi connectivity index (χ1v) is 12.7. The molecule has 0 unspecified atom stereocenters. The van der Waals surface area contributed by atoms with Gasteiger partial charge in [-0.25, -0.2) is 8.42 Å². The third-order valence-corrected chi connectivity index (χ3v) is 8.52. The molecule has 0 bridgehead atoms. The molecule has 1 aromatic carbocycles. The Labute approximate surface area is 180 Å². The van der Waals surface area contributed by atoms with E-state index in [2.05, 4.69) is 6.92 Å². The highest BCUT2D eigenvalue weighted by atomic mass is 32.2. The second-order valence-corrected chi connectivity index (χ2v) is 10.6. The maximum atomic E-state index is 12.9. The van der Waals surface area contributed by atoms with Gasteiger partial charge in [-0.05, 0) is 50.7 Å². The van der Waals surface area contributed by atoms with Crippen LogP contribution in [0.1, 0.15) is 69.2 Å². The van der Waals surface area contributed by atoms with E-state index in [1.807, 2.05) is 4.90 Å². The van der Waals surface area contributed by atoms with E-state index < -0.39 is 10.0 Å². The fourth-order valence-electron chi connectivity index (χ4n) is 4.61. The molecule has 2 aliphatic rings. The van der Waals surface area contributed by atoms with E-state index in [0.717, 1.165) is 31.6 Å². The second kappa shape index (κ2) is 10.1. The van der Waals surface area contributed by atoms with Gasteiger partial charge in [0.15, 0.2) is 5.78 Å². The average Bonchev–Trinajstić information content (AvgIpc) is 2.77. The molecule has 1 aliphatic carbocycles. The van der Waals surface area contributed by atoms with Crippen molar-refractivity contribution in [2.75, 3.05) is 26.2 Å². The zero-order valence-electron chi connectivity index (χ0n) is 18.2. The fourth-order valence-corrected chi connectivity index (χ4v) is 6.03. The van der Waals surface area contributed by atoms with E-state index in [9.17, 15) is 18.0 Å². The molecule has 1 aliphatic heterocycles. The van der Waals surface area contributed by atoms with Crippen molar-refractivity contribution >= 4 is 21.7 Å². The van der Waals surface area contributed by atoms with E-state index in [4.69, 9.17) is 0 Å². The Bertz CT molecular complexity index is 834. The molecule has 7 heteroatoms. The fraction of sp³-hybridized carbons (Fsp3) is 0.652. The minimum absolute atomic E-state index is 0.0922. The van der Waals surface area contributed by atoms with Crippen molar-refractivity contribution in [1.82, 2.24) is 9.21 Å². The lowest BCUT2D eigenvalue weighted by molar-refractivity contribution is -0.138. The molecular weight excluding hydrogens is 400 g/mol. The molecule has 1 heterocycles. The number of unbranched alkanes of at least 4 members (excludes halogenated alkanes) is 1. The molecule has 0 aromatic heterocycles. The Morgan fingerprint density at radius 3 is 2.10 bits per heavy atom. The van der Waals surface area contributed by atoms with E-state index in [1.54, 1.807) is 12.1 Å². The predicted molar refractivity (Wildman–Crippen MR) is 117 cm³/mol. The molecule has 1 aromatic rings. The monoisotopic (exact) mass is 434 g/mol. The largest absolute Gasteiger partial charge is 0.340 e. The first-order valence-electron chi connectivity index (χ1n) is 11.2. The van der Waals surface area contributed by atoms with Gasteiger partial charge in [0, 0.05) is 37.7 Å². The number of Topliss-reactive ketones (excluding diaryl/α,β-unsaturated/α-hetero) is 1. The molecule has 0 atom stereocenters. The summed E-state index contributed by atoms with van der Waals surface area (Å²) in [4.78, 5) is 26.4. The first-order chi connectivity index (χ1) is 14.3. The van der Waals surface area contributed by atoms with Gasteiger partial charge in [-0.1, -0.05) is 38.3 Å². The number of rotatable bonds is 7. The number of benzene rings is 1. The van der Waals surface area contributed by atoms with Crippen LogP contribution in [0.2, 0.25) is 0 Å². The van der Waals surface area contributed by atoms with Crippen molar-refractivity contribution in [2.45, 2.75) is 63.7 Å². The minimum atomic E-state index is -3.61. The highest BCUT2D eigenvalue weighted by Crippen LogP contribution is 2.33. The zero-order chi connectivity index (χ0) is 21.7. The van der Waals surface area contributed by atoms with Gasteiger partial charge in [-0.3, -0.25) is 9.59 Å². The molecule has 1 saturated heterocycles. The number of hydrogen-bond donors (Lipinski definition) is 0. The van der Waals surface area contributed by atoms with Crippen LogP contribution in [0.3, 0.4) is 0 Å². The second-order valence-electron chi connectivity index (χ2n) is 8.67. The van der Waals surface area contributed by atoms with Gasteiger partial charge in [-0.15, -0.1) is 0 Å². The van der Waals surface area contributed by atoms with Crippen LogP contribution in [-0.4, -0.2) is 55.5 Å². The van der Waals surface area contributed by atoms with Crippen LogP contribution in [0, 0.1) is 11.8 Å². The van der Waals surface area contributed by atoms with Gasteiger partial charge >= 0.3 is 0 Å².